The van der Waals surface area contributed by atoms with Crippen molar-refractivity contribution < 1.29 is 0 Å². The number of hydrogen-bond acceptors (Lipinski definition) is 5. The lowest BCUT2D eigenvalue weighted by molar-refractivity contribution is 0.715. The van der Waals surface area contributed by atoms with Crippen LogP contribution in [0.5, 0.6) is 0 Å². The van der Waals surface area contributed by atoms with Gasteiger partial charge in [-0.15, -0.1) is 5.10 Å². The fourth-order valence-electron chi connectivity index (χ4n) is 1.72. The van der Waals surface area contributed by atoms with Crippen molar-refractivity contribution in [1.29, 1.82) is 0 Å². The van der Waals surface area contributed by atoms with E-state index in [1.54, 1.807) is 21.5 Å². The van der Waals surface area contributed by atoms with Crippen molar-refractivity contribution in [1.82, 2.24) is 30.0 Å². The molecule has 0 unspecified atom stereocenters. The molecule has 0 radical (unpaired) electrons. The number of hydrogen-bond donors (Lipinski definition) is 1. The number of halogens is 1. The largest absolute Gasteiger partial charge is 0.398 e. The van der Waals surface area contributed by atoms with Gasteiger partial charge in [-0.05, 0) is 28.6 Å². The number of nitrogens with zero attached hydrogens (tertiary/aromatic N) is 6. The third-order valence-electron chi connectivity index (χ3n) is 2.64. The Morgan fingerprint density at radius 3 is 2.79 bits per heavy atom. The van der Waals surface area contributed by atoms with Gasteiger partial charge in [0.1, 0.15) is 0 Å². The van der Waals surface area contributed by atoms with E-state index in [-0.39, 0.29) is 0 Å². The van der Waals surface area contributed by atoms with Gasteiger partial charge in [0.25, 0.3) is 0 Å². The highest BCUT2D eigenvalue weighted by molar-refractivity contribution is 6.33. The summed E-state index contributed by atoms with van der Waals surface area (Å²) in [7, 11) is 1.83. The molecule has 0 aliphatic heterocycles. The molecule has 19 heavy (non-hydrogen) atoms. The summed E-state index contributed by atoms with van der Waals surface area (Å²) in [6, 6.07) is 7.07. The molecular weight excluding hydrogens is 266 g/mol. The Bertz CT molecular complexity index is 730. The van der Waals surface area contributed by atoms with E-state index in [1.807, 2.05) is 25.4 Å². The maximum Gasteiger partial charge on any atom is 0.189 e. The summed E-state index contributed by atoms with van der Waals surface area (Å²) < 4.78 is 3.22. The Balaban J connectivity index is 2.11. The minimum Gasteiger partial charge on any atom is -0.398 e. The maximum absolute atomic E-state index is 5.90. The van der Waals surface area contributed by atoms with Crippen molar-refractivity contribution in [2.45, 2.75) is 0 Å². The van der Waals surface area contributed by atoms with Crippen LogP contribution >= 0.6 is 11.6 Å². The van der Waals surface area contributed by atoms with Crippen molar-refractivity contribution >= 4 is 17.3 Å². The summed E-state index contributed by atoms with van der Waals surface area (Å²) in [5.41, 5.74) is 7.05. The van der Waals surface area contributed by atoms with Gasteiger partial charge >= 0.3 is 0 Å². The summed E-state index contributed by atoms with van der Waals surface area (Å²) >= 11 is 5.90. The molecule has 1 aromatic carbocycles. The zero-order chi connectivity index (χ0) is 13.4. The Morgan fingerprint density at radius 2 is 2.11 bits per heavy atom. The molecule has 0 aliphatic carbocycles. The third-order valence-corrected chi connectivity index (χ3v) is 2.98. The average Bonchev–Trinajstić information content (AvgIpc) is 3.00. The zero-order valence-electron chi connectivity index (χ0n) is 10.0. The SMILES string of the molecule is Cn1ccc(-n2nnnc2-c2ccc(Cl)c(N)c2)n1. The van der Waals surface area contributed by atoms with E-state index >= 15 is 0 Å². The van der Waals surface area contributed by atoms with Crippen molar-refractivity contribution in [2.75, 3.05) is 5.73 Å². The van der Waals surface area contributed by atoms with Gasteiger partial charge in [-0.1, -0.05) is 11.6 Å². The van der Waals surface area contributed by atoms with Gasteiger partial charge in [-0.3, -0.25) is 4.68 Å². The number of nitrogens with two attached hydrogens (primary N) is 1. The highest BCUT2D eigenvalue weighted by Crippen LogP contribution is 2.25. The molecule has 3 rings (SSSR count). The normalized spacial score (nSPS) is 10.8. The molecule has 0 spiro atoms. The van der Waals surface area contributed by atoms with Crippen LogP contribution < -0.4 is 5.73 Å². The van der Waals surface area contributed by atoms with E-state index in [2.05, 4.69) is 20.6 Å². The molecule has 2 aromatic heterocycles. The first-order valence-electron chi connectivity index (χ1n) is 5.49. The highest BCUT2D eigenvalue weighted by Gasteiger charge is 2.13. The van der Waals surface area contributed by atoms with Gasteiger partial charge in [0.2, 0.25) is 0 Å². The van der Waals surface area contributed by atoms with Crippen molar-refractivity contribution in [3.05, 3.63) is 35.5 Å². The molecule has 0 aliphatic rings. The quantitative estimate of drug-likeness (QED) is 0.712. The number of rotatable bonds is 2. The van der Waals surface area contributed by atoms with Crippen LogP contribution in [0.15, 0.2) is 30.5 Å². The highest BCUT2D eigenvalue weighted by atomic mass is 35.5. The fourth-order valence-corrected chi connectivity index (χ4v) is 1.84. The number of anilines is 1. The molecule has 0 bridgehead atoms. The van der Waals surface area contributed by atoms with Crippen LogP contribution in [0.3, 0.4) is 0 Å². The Kier molecular flexibility index (Phi) is 2.68. The first-order chi connectivity index (χ1) is 9.15. The second kappa shape index (κ2) is 4.36. The first kappa shape index (κ1) is 11.7. The zero-order valence-corrected chi connectivity index (χ0v) is 10.8. The topological polar surface area (TPSA) is 87.4 Å². The minimum absolute atomic E-state index is 0.481. The number of nitrogen functional groups attached to an aromatic ring is 1. The summed E-state index contributed by atoms with van der Waals surface area (Å²) in [5.74, 6) is 1.19. The summed E-state index contributed by atoms with van der Waals surface area (Å²) in [6.07, 6.45) is 1.82. The average molecular weight is 276 g/mol. The predicted octanol–water partition coefficient (Wildman–Crippen LogP) is 1.30. The van der Waals surface area contributed by atoms with E-state index in [0.29, 0.717) is 22.4 Å². The molecule has 0 atom stereocenters. The molecule has 0 saturated carbocycles. The molecule has 0 fully saturated rings. The molecule has 3 aromatic rings. The molecular formula is C11H10ClN7. The minimum atomic E-state index is 0.481. The molecule has 2 heterocycles. The summed E-state index contributed by atoms with van der Waals surface area (Å²) in [6.45, 7) is 0. The van der Waals surface area contributed by atoms with Gasteiger partial charge in [0, 0.05) is 24.9 Å². The van der Waals surface area contributed by atoms with Gasteiger partial charge in [-0.25, -0.2) is 0 Å². The predicted molar refractivity (Wildman–Crippen MR) is 70.8 cm³/mol. The van der Waals surface area contributed by atoms with Gasteiger partial charge in [-0.2, -0.15) is 9.78 Å². The van der Waals surface area contributed by atoms with Crippen LogP contribution in [0.4, 0.5) is 5.69 Å². The Labute approximate surface area is 113 Å². The van der Waals surface area contributed by atoms with Gasteiger partial charge in [0.15, 0.2) is 11.6 Å². The second-order valence-corrected chi connectivity index (χ2v) is 4.41. The van der Waals surface area contributed by atoms with E-state index in [1.165, 1.54) is 0 Å². The lowest BCUT2D eigenvalue weighted by Gasteiger charge is -2.03. The summed E-state index contributed by atoms with van der Waals surface area (Å²) in [4.78, 5) is 0. The molecule has 0 saturated heterocycles. The van der Waals surface area contributed by atoms with Crippen LogP contribution in [-0.2, 0) is 7.05 Å². The van der Waals surface area contributed by atoms with E-state index in [4.69, 9.17) is 17.3 Å². The number of aromatic nitrogens is 6. The Morgan fingerprint density at radius 1 is 1.26 bits per heavy atom. The lowest BCUT2D eigenvalue weighted by atomic mass is 10.2. The van der Waals surface area contributed by atoms with Crippen LogP contribution in [0.25, 0.3) is 17.2 Å². The molecule has 0 amide bonds. The van der Waals surface area contributed by atoms with Crippen LogP contribution in [-0.4, -0.2) is 30.0 Å². The molecule has 7 nitrogen and oxygen atoms in total. The second-order valence-electron chi connectivity index (χ2n) is 4.00. The lowest BCUT2D eigenvalue weighted by Crippen LogP contribution is -2.02. The molecule has 2 N–H and O–H groups in total. The van der Waals surface area contributed by atoms with Crippen LogP contribution in [0, 0.1) is 0 Å². The van der Waals surface area contributed by atoms with E-state index in [0.717, 1.165) is 5.56 Å². The maximum atomic E-state index is 5.90. The Hall–Kier alpha value is -2.41. The van der Waals surface area contributed by atoms with Crippen molar-refractivity contribution in [3.8, 4) is 17.2 Å². The monoisotopic (exact) mass is 275 g/mol. The summed E-state index contributed by atoms with van der Waals surface area (Å²) in [5, 5.41) is 16.4. The van der Waals surface area contributed by atoms with Crippen LogP contribution in [0.1, 0.15) is 0 Å². The number of benzene rings is 1. The van der Waals surface area contributed by atoms with Gasteiger partial charge < -0.3 is 5.73 Å². The van der Waals surface area contributed by atoms with Crippen molar-refractivity contribution in [2.24, 2.45) is 7.05 Å². The van der Waals surface area contributed by atoms with Crippen molar-refractivity contribution in [3.63, 3.8) is 0 Å². The third kappa shape index (κ3) is 2.04. The molecule has 8 heteroatoms. The molecule has 96 valence electrons. The smallest absolute Gasteiger partial charge is 0.189 e. The van der Waals surface area contributed by atoms with Gasteiger partial charge in [0.05, 0.1) is 10.7 Å². The van der Waals surface area contributed by atoms with E-state index in [9.17, 15) is 0 Å². The standard InChI is InChI=1S/C11H10ClN7/c1-18-5-4-10(15-18)19-11(14-16-17-19)7-2-3-8(12)9(13)6-7/h2-6H,13H2,1H3. The van der Waals surface area contributed by atoms with E-state index < -0.39 is 0 Å². The number of tetrazole rings is 1. The first-order valence-corrected chi connectivity index (χ1v) is 5.87. The number of aryl methyl sites for hydroxylation is 1. The fraction of sp³-hybridized carbons (Fsp3) is 0.0909. The van der Waals surface area contributed by atoms with Crippen LogP contribution in [0.2, 0.25) is 5.02 Å².